The van der Waals surface area contributed by atoms with Gasteiger partial charge in [-0.15, -0.1) is 0 Å². The molecule has 1 amide bonds. The number of methoxy groups -OCH3 is 1. The monoisotopic (exact) mass is 407 g/mol. The second-order valence-electron chi connectivity index (χ2n) is 6.77. The number of carbonyl (C=O) groups excluding carboxylic acids is 1. The number of hydrogen-bond donors (Lipinski definition) is 1. The van der Waals surface area contributed by atoms with Gasteiger partial charge in [0.2, 0.25) is 5.91 Å². The van der Waals surface area contributed by atoms with Gasteiger partial charge in [-0.2, -0.15) is 0 Å². The van der Waals surface area contributed by atoms with Crippen LogP contribution >= 0.6 is 11.6 Å². The van der Waals surface area contributed by atoms with Crippen molar-refractivity contribution in [3.05, 3.63) is 58.6 Å². The summed E-state index contributed by atoms with van der Waals surface area (Å²) in [7, 11) is -2.15. The van der Waals surface area contributed by atoms with Gasteiger partial charge < -0.3 is 10.1 Å². The molecule has 27 heavy (non-hydrogen) atoms. The van der Waals surface area contributed by atoms with Crippen molar-refractivity contribution < 1.29 is 17.9 Å². The first-order valence-corrected chi connectivity index (χ1v) is 10.6. The second kappa shape index (κ2) is 7.52. The lowest BCUT2D eigenvalue weighted by molar-refractivity contribution is -0.121. The van der Waals surface area contributed by atoms with Gasteiger partial charge in [0.15, 0.2) is 14.6 Å². The van der Waals surface area contributed by atoms with Crippen molar-refractivity contribution in [1.82, 2.24) is 5.32 Å². The normalized spacial score (nSPS) is 15.2. The van der Waals surface area contributed by atoms with Gasteiger partial charge in [0.25, 0.3) is 0 Å². The van der Waals surface area contributed by atoms with Crippen molar-refractivity contribution in [3.63, 3.8) is 0 Å². The third-order valence-electron chi connectivity index (χ3n) is 4.87. The van der Waals surface area contributed by atoms with Gasteiger partial charge in [0.05, 0.1) is 12.0 Å². The highest BCUT2D eigenvalue weighted by atomic mass is 35.5. The van der Waals surface area contributed by atoms with E-state index in [9.17, 15) is 13.2 Å². The van der Waals surface area contributed by atoms with Crippen molar-refractivity contribution in [2.45, 2.75) is 35.8 Å². The minimum Gasteiger partial charge on any atom is -0.496 e. The fourth-order valence-corrected chi connectivity index (χ4v) is 5.17. The van der Waals surface area contributed by atoms with Gasteiger partial charge in [0.1, 0.15) is 5.75 Å². The Morgan fingerprint density at radius 1 is 1.19 bits per heavy atom. The second-order valence-corrected chi connectivity index (χ2v) is 9.47. The van der Waals surface area contributed by atoms with E-state index in [1.807, 2.05) is 25.1 Å². The van der Waals surface area contributed by atoms with Gasteiger partial charge in [0, 0.05) is 11.6 Å². The quantitative estimate of drug-likeness (QED) is 0.764. The maximum Gasteiger partial charge on any atom is 0.241 e. The van der Waals surface area contributed by atoms with Crippen LogP contribution in [-0.4, -0.2) is 32.7 Å². The highest BCUT2D eigenvalue weighted by molar-refractivity contribution is 7.94. The summed E-state index contributed by atoms with van der Waals surface area (Å²) in [5.74, 6) is 0.314. The molecule has 0 saturated heterocycles. The number of aryl methyl sites for hydroxylation is 1. The number of hydrogen-bond acceptors (Lipinski definition) is 4. The number of halogens is 1. The van der Waals surface area contributed by atoms with Gasteiger partial charge in [-0.25, -0.2) is 8.42 Å². The lowest BCUT2D eigenvalue weighted by Crippen LogP contribution is -2.42. The first kappa shape index (κ1) is 19.7. The minimum atomic E-state index is -3.75. The van der Waals surface area contributed by atoms with E-state index in [1.165, 1.54) is 24.3 Å². The molecule has 1 N–H and O–H groups in total. The standard InChI is InChI=1S/C20H22ClNO4S/c1-14-3-8-18(26-2)15(13-14)9-12-22-19(23)20(10-11-20)27(24,25)17-6-4-16(21)5-7-17/h3-8,13H,9-12H2,1-2H3,(H,22,23). The molecule has 0 heterocycles. The fourth-order valence-electron chi connectivity index (χ4n) is 3.15. The maximum atomic E-state index is 12.9. The third kappa shape index (κ3) is 3.82. The summed E-state index contributed by atoms with van der Waals surface area (Å²) >= 11 is 5.83. The van der Waals surface area contributed by atoms with E-state index in [0.29, 0.717) is 30.8 Å². The Morgan fingerprint density at radius 2 is 1.85 bits per heavy atom. The molecule has 0 aliphatic heterocycles. The van der Waals surface area contributed by atoms with Crippen LogP contribution in [0.15, 0.2) is 47.4 Å². The van der Waals surface area contributed by atoms with Crippen LogP contribution in [0.4, 0.5) is 0 Å². The molecule has 1 aliphatic rings. The molecule has 0 radical (unpaired) electrons. The van der Waals surface area contributed by atoms with E-state index in [-0.39, 0.29) is 4.90 Å². The molecule has 3 rings (SSSR count). The molecule has 7 heteroatoms. The molecule has 1 aliphatic carbocycles. The summed E-state index contributed by atoms with van der Waals surface area (Å²) in [5.41, 5.74) is 2.07. The summed E-state index contributed by atoms with van der Waals surface area (Å²) in [4.78, 5) is 12.8. The topological polar surface area (TPSA) is 72.5 Å². The lowest BCUT2D eigenvalue weighted by Gasteiger charge is -2.17. The molecule has 0 unspecified atom stereocenters. The van der Waals surface area contributed by atoms with Gasteiger partial charge in [-0.05, 0) is 62.1 Å². The number of carbonyl (C=O) groups is 1. The molecule has 0 spiro atoms. The molecule has 0 aromatic heterocycles. The van der Waals surface area contributed by atoms with Crippen molar-refractivity contribution in [3.8, 4) is 5.75 Å². The summed E-state index contributed by atoms with van der Waals surface area (Å²) in [6.07, 6.45) is 1.22. The summed E-state index contributed by atoms with van der Waals surface area (Å²) in [6, 6.07) is 11.8. The summed E-state index contributed by atoms with van der Waals surface area (Å²) < 4.78 is 29.8. The Kier molecular flexibility index (Phi) is 5.49. The average Bonchev–Trinajstić information content (AvgIpc) is 3.45. The number of benzene rings is 2. The zero-order chi connectivity index (χ0) is 19.7. The number of rotatable bonds is 7. The van der Waals surface area contributed by atoms with Crippen molar-refractivity contribution in [2.75, 3.05) is 13.7 Å². The van der Waals surface area contributed by atoms with Crippen LogP contribution in [0.5, 0.6) is 5.75 Å². The van der Waals surface area contributed by atoms with Crippen molar-refractivity contribution >= 4 is 27.3 Å². The third-order valence-corrected chi connectivity index (χ3v) is 7.64. The highest BCUT2D eigenvalue weighted by Gasteiger charge is 2.61. The Bertz CT molecular complexity index is 950. The van der Waals surface area contributed by atoms with E-state index in [2.05, 4.69) is 5.32 Å². The molecule has 2 aromatic rings. The van der Waals surface area contributed by atoms with Crippen LogP contribution in [0.3, 0.4) is 0 Å². The van der Waals surface area contributed by atoms with E-state index >= 15 is 0 Å². The lowest BCUT2D eigenvalue weighted by atomic mass is 10.1. The molecule has 144 valence electrons. The zero-order valence-corrected chi connectivity index (χ0v) is 16.9. The van der Waals surface area contributed by atoms with Gasteiger partial charge >= 0.3 is 0 Å². The Labute approximate surface area is 164 Å². The zero-order valence-electron chi connectivity index (χ0n) is 15.3. The molecular formula is C20H22ClNO4S. The summed E-state index contributed by atoms with van der Waals surface area (Å²) in [6.45, 7) is 2.33. The van der Waals surface area contributed by atoms with Crippen LogP contribution in [0.2, 0.25) is 5.02 Å². The number of ether oxygens (including phenoxy) is 1. The SMILES string of the molecule is COc1ccc(C)cc1CCNC(=O)C1(S(=O)(=O)c2ccc(Cl)cc2)CC1. The van der Waals surface area contributed by atoms with Crippen molar-refractivity contribution in [2.24, 2.45) is 0 Å². The van der Waals surface area contributed by atoms with Crippen molar-refractivity contribution in [1.29, 1.82) is 0 Å². The molecule has 1 fully saturated rings. The Morgan fingerprint density at radius 3 is 2.44 bits per heavy atom. The fraction of sp³-hybridized carbons (Fsp3) is 0.350. The number of sulfone groups is 1. The largest absolute Gasteiger partial charge is 0.496 e. The summed E-state index contributed by atoms with van der Waals surface area (Å²) in [5, 5.41) is 3.25. The molecule has 0 atom stereocenters. The Hall–Kier alpha value is -2.05. The first-order valence-electron chi connectivity index (χ1n) is 8.72. The van der Waals surface area contributed by atoms with E-state index in [4.69, 9.17) is 16.3 Å². The molecule has 1 saturated carbocycles. The molecule has 0 bridgehead atoms. The van der Waals surface area contributed by atoms with E-state index < -0.39 is 20.5 Å². The molecule has 5 nitrogen and oxygen atoms in total. The van der Waals surface area contributed by atoms with Crippen LogP contribution < -0.4 is 10.1 Å². The number of amides is 1. The van der Waals surface area contributed by atoms with E-state index in [0.717, 1.165) is 16.9 Å². The maximum absolute atomic E-state index is 12.9. The van der Waals surface area contributed by atoms with Crippen LogP contribution in [0.1, 0.15) is 24.0 Å². The number of nitrogens with one attached hydrogen (secondary N) is 1. The minimum absolute atomic E-state index is 0.125. The molecule has 2 aromatic carbocycles. The Balaban J connectivity index is 1.69. The highest BCUT2D eigenvalue weighted by Crippen LogP contribution is 2.47. The van der Waals surface area contributed by atoms with E-state index in [1.54, 1.807) is 7.11 Å². The van der Waals surface area contributed by atoms with Crippen LogP contribution in [0.25, 0.3) is 0 Å². The van der Waals surface area contributed by atoms with Crippen LogP contribution in [0, 0.1) is 6.92 Å². The predicted molar refractivity (Wildman–Crippen MR) is 105 cm³/mol. The average molecular weight is 408 g/mol. The van der Waals surface area contributed by atoms with Gasteiger partial charge in [-0.3, -0.25) is 4.79 Å². The van der Waals surface area contributed by atoms with Gasteiger partial charge in [-0.1, -0.05) is 29.3 Å². The first-order chi connectivity index (χ1) is 12.8. The predicted octanol–water partition coefficient (Wildman–Crippen LogP) is 3.32. The van der Waals surface area contributed by atoms with Crippen LogP contribution in [-0.2, 0) is 21.1 Å². The molecular weight excluding hydrogens is 386 g/mol. The smallest absolute Gasteiger partial charge is 0.241 e.